The van der Waals surface area contributed by atoms with E-state index < -0.39 is 5.82 Å². The predicted molar refractivity (Wildman–Crippen MR) is 141 cm³/mol. The molecule has 1 saturated heterocycles. The average molecular weight is 500 g/mol. The Balaban J connectivity index is 1.15. The monoisotopic (exact) mass is 499 g/mol. The van der Waals surface area contributed by atoms with E-state index in [-0.39, 0.29) is 17.5 Å². The number of aromatic nitrogens is 3. The maximum atomic E-state index is 14.2. The molecule has 1 aliphatic rings. The fraction of sp³-hybridized carbons (Fsp3) is 0.185. The second-order valence-corrected chi connectivity index (χ2v) is 8.47. The Morgan fingerprint density at radius 3 is 2.54 bits per heavy atom. The highest BCUT2D eigenvalue weighted by Gasteiger charge is 2.17. The van der Waals surface area contributed by atoms with Crippen molar-refractivity contribution < 1.29 is 14.2 Å². The van der Waals surface area contributed by atoms with Crippen LogP contribution >= 0.6 is 0 Å². The highest BCUT2D eigenvalue weighted by Crippen LogP contribution is 2.20. The van der Waals surface area contributed by atoms with Crippen molar-refractivity contribution in [2.75, 3.05) is 41.9 Å². The van der Waals surface area contributed by atoms with Gasteiger partial charge in [0.05, 0.1) is 43.2 Å². The van der Waals surface area contributed by atoms with Crippen molar-refractivity contribution in [1.29, 1.82) is 0 Å². The van der Waals surface area contributed by atoms with E-state index in [0.717, 1.165) is 35.1 Å². The van der Waals surface area contributed by atoms with Gasteiger partial charge in [-0.25, -0.2) is 14.8 Å². The Labute approximate surface area is 213 Å². The molecule has 0 spiro atoms. The normalized spacial score (nSPS) is 13.6. The van der Waals surface area contributed by atoms with Crippen molar-refractivity contribution in [1.82, 2.24) is 15.0 Å². The van der Waals surface area contributed by atoms with Crippen LogP contribution in [0.5, 0.6) is 5.75 Å². The number of hydrazone groups is 1. The number of phenolic OH excluding ortho intramolecular Hbond substituents is 1. The number of rotatable bonds is 8. The van der Waals surface area contributed by atoms with Crippen LogP contribution in [0.4, 0.5) is 27.5 Å². The summed E-state index contributed by atoms with van der Waals surface area (Å²) in [6, 6.07) is 19.1. The van der Waals surface area contributed by atoms with Gasteiger partial charge in [0.2, 0.25) is 5.95 Å². The fourth-order valence-electron chi connectivity index (χ4n) is 3.90. The van der Waals surface area contributed by atoms with E-state index in [1.54, 1.807) is 24.5 Å². The van der Waals surface area contributed by atoms with E-state index in [2.05, 4.69) is 42.9 Å². The lowest BCUT2D eigenvalue weighted by molar-refractivity contribution is 0.122. The highest BCUT2D eigenvalue weighted by atomic mass is 19.1. The number of anilines is 4. The lowest BCUT2D eigenvalue weighted by Gasteiger charge is -2.27. The Morgan fingerprint density at radius 2 is 1.78 bits per heavy atom. The van der Waals surface area contributed by atoms with Crippen LogP contribution in [-0.4, -0.2) is 52.6 Å². The van der Waals surface area contributed by atoms with Crippen LogP contribution in [0.25, 0.3) is 0 Å². The summed E-state index contributed by atoms with van der Waals surface area (Å²) in [6.45, 7) is 2.22. The van der Waals surface area contributed by atoms with Crippen molar-refractivity contribution in [2.24, 2.45) is 5.10 Å². The molecule has 188 valence electrons. The SMILES string of the molecule is Oc1cccc(Cc2ccc(Nc3ccc(/C=N/Nc4ncc(F)c(N5CCOCC5)n4)nc3)cc2)c1. The van der Waals surface area contributed by atoms with Gasteiger partial charge in [0, 0.05) is 18.8 Å². The molecule has 1 fully saturated rings. The minimum absolute atomic E-state index is 0.199. The van der Waals surface area contributed by atoms with Crippen molar-refractivity contribution in [3.63, 3.8) is 0 Å². The van der Waals surface area contributed by atoms with Crippen molar-refractivity contribution >= 4 is 29.4 Å². The molecule has 0 bridgehead atoms. The van der Waals surface area contributed by atoms with E-state index in [9.17, 15) is 9.50 Å². The first-order chi connectivity index (χ1) is 18.1. The van der Waals surface area contributed by atoms with E-state index in [1.165, 1.54) is 0 Å². The Hall–Kier alpha value is -4.57. The van der Waals surface area contributed by atoms with Gasteiger partial charge in [0.25, 0.3) is 0 Å². The van der Waals surface area contributed by atoms with Crippen molar-refractivity contribution in [3.05, 3.63) is 95.7 Å². The number of nitrogens with zero attached hydrogens (tertiary/aromatic N) is 5. The first kappa shape index (κ1) is 24.1. The van der Waals surface area contributed by atoms with Crippen LogP contribution in [0, 0.1) is 5.82 Å². The molecule has 0 radical (unpaired) electrons. The zero-order valence-electron chi connectivity index (χ0n) is 20.0. The first-order valence-corrected chi connectivity index (χ1v) is 11.9. The van der Waals surface area contributed by atoms with Crippen LogP contribution in [0.2, 0.25) is 0 Å². The maximum Gasteiger partial charge on any atom is 0.245 e. The lowest BCUT2D eigenvalue weighted by atomic mass is 10.0. The third-order valence-corrected chi connectivity index (χ3v) is 5.75. The summed E-state index contributed by atoms with van der Waals surface area (Å²) in [5.41, 5.74) is 7.35. The molecule has 2 aromatic heterocycles. The Morgan fingerprint density at radius 1 is 0.973 bits per heavy atom. The molecule has 3 N–H and O–H groups in total. The minimum Gasteiger partial charge on any atom is -0.508 e. The number of ether oxygens (including phenoxy) is 1. The van der Waals surface area contributed by atoms with Gasteiger partial charge in [-0.15, -0.1) is 0 Å². The summed E-state index contributed by atoms with van der Waals surface area (Å²) in [7, 11) is 0. The molecule has 0 amide bonds. The third kappa shape index (κ3) is 6.56. The van der Waals surface area contributed by atoms with E-state index >= 15 is 0 Å². The summed E-state index contributed by atoms with van der Waals surface area (Å²) in [4.78, 5) is 14.4. The fourth-order valence-corrected chi connectivity index (χ4v) is 3.90. The molecule has 3 heterocycles. The van der Waals surface area contributed by atoms with Crippen LogP contribution in [-0.2, 0) is 11.2 Å². The number of phenols is 1. The van der Waals surface area contributed by atoms with Gasteiger partial charge < -0.3 is 20.1 Å². The minimum atomic E-state index is -0.479. The molecule has 0 atom stereocenters. The van der Waals surface area contributed by atoms with Gasteiger partial charge >= 0.3 is 0 Å². The van der Waals surface area contributed by atoms with E-state index in [4.69, 9.17) is 4.74 Å². The zero-order chi connectivity index (χ0) is 25.5. The number of halogens is 1. The van der Waals surface area contributed by atoms with Crippen molar-refractivity contribution in [2.45, 2.75) is 6.42 Å². The van der Waals surface area contributed by atoms with Gasteiger partial charge in [0.1, 0.15) is 5.75 Å². The number of hydrogen-bond donors (Lipinski definition) is 3. The number of benzene rings is 2. The summed E-state index contributed by atoms with van der Waals surface area (Å²) in [5, 5.41) is 17.1. The molecule has 37 heavy (non-hydrogen) atoms. The standard InChI is InChI=1S/C27H26FN7O2/c28-25-18-30-27(33-26(25)35-10-12-37-13-11-35)34-31-17-22-8-9-23(16-29-22)32-21-6-4-19(5-7-21)14-20-2-1-3-24(36)15-20/h1-9,15-18,32,36H,10-14H2,(H,30,33,34)/b31-17+. The summed E-state index contributed by atoms with van der Waals surface area (Å²) < 4.78 is 19.5. The molecule has 5 rings (SSSR count). The first-order valence-electron chi connectivity index (χ1n) is 11.9. The maximum absolute atomic E-state index is 14.2. The number of nitrogens with one attached hydrogen (secondary N) is 2. The highest BCUT2D eigenvalue weighted by molar-refractivity contribution is 5.78. The molecule has 2 aromatic carbocycles. The molecule has 4 aromatic rings. The topological polar surface area (TPSA) is 108 Å². The van der Waals surface area contributed by atoms with E-state index in [1.807, 2.05) is 41.3 Å². The molecule has 10 heteroatoms. The van der Waals surface area contributed by atoms with Gasteiger partial charge in [-0.2, -0.15) is 10.1 Å². The molecule has 0 unspecified atom stereocenters. The van der Waals surface area contributed by atoms with Crippen LogP contribution in [0.15, 0.2) is 78.2 Å². The molecule has 0 aliphatic carbocycles. The molecular formula is C27H26FN7O2. The van der Waals surface area contributed by atoms with Crippen molar-refractivity contribution in [3.8, 4) is 5.75 Å². The number of morpholine rings is 1. The third-order valence-electron chi connectivity index (χ3n) is 5.75. The summed E-state index contributed by atoms with van der Waals surface area (Å²) >= 11 is 0. The van der Waals surface area contributed by atoms with Crippen LogP contribution in [0.3, 0.4) is 0 Å². The number of pyridine rings is 1. The van der Waals surface area contributed by atoms with Gasteiger partial charge in [-0.3, -0.25) is 4.98 Å². The molecule has 1 aliphatic heterocycles. The smallest absolute Gasteiger partial charge is 0.245 e. The molecule has 0 saturated carbocycles. The summed E-state index contributed by atoms with van der Waals surface area (Å²) in [6.07, 6.45) is 5.14. The largest absolute Gasteiger partial charge is 0.508 e. The Bertz CT molecular complexity index is 1360. The van der Waals surface area contributed by atoms with Gasteiger partial charge in [0.15, 0.2) is 11.6 Å². The quantitative estimate of drug-likeness (QED) is 0.243. The Kier molecular flexibility index (Phi) is 7.47. The van der Waals surface area contributed by atoms with Crippen LogP contribution < -0.4 is 15.6 Å². The average Bonchev–Trinajstić information content (AvgIpc) is 2.92. The van der Waals surface area contributed by atoms with Crippen LogP contribution in [0.1, 0.15) is 16.8 Å². The molecule has 9 nitrogen and oxygen atoms in total. The summed E-state index contributed by atoms with van der Waals surface area (Å²) in [5.74, 6) is 0.225. The predicted octanol–water partition coefficient (Wildman–Crippen LogP) is 4.33. The zero-order valence-corrected chi connectivity index (χ0v) is 20.0. The number of aromatic hydroxyl groups is 1. The molecular weight excluding hydrogens is 473 g/mol. The van der Waals surface area contributed by atoms with Gasteiger partial charge in [-0.1, -0.05) is 24.3 Å². The van der Waals surface area contributed by atoms with E-state index in [0.29, 0.717) is 32.0 Å². The second-order valence-electron chi connectivity index (χ2n) is 8.47. The lowest BCUT2D eigenvalue weighted by Crippen LogP contribution is -2.37. The van der Waals surface area contributed by atoms with Gasteiger partial charge in [-0.05, 0) is 53.9 Å². The second kappa shape index (κ2) is 11.4. The number of hydrogen-bond acceptors (Lipinski definition) is 9.